The number of rotatable bonds is 5. The number of aliphatic carboxylic acids is 1. The van der Waals surface area contributed by atoms with E-state index in [4.69, 9.17) is 0 Å². The van der Waals surface area contributed by atoms with E-state index in [0.29, 0.717) is 4.88 Å². The predicted octanol–water partition coefficient (Wildman–Crippen LogP) is 4.94. The van der Waals surface area contributed by atoms with Crippen LogP contribution in [0.25, 0.3) is 32.5 Å². The van der Waals surface area contributed by atoms with Crippen molar-refractivity contribution in [2.45, 2.75) is 30.8 Å². The molecule has 3 heterocycles. The first-order valence-corrected chi connectivity index (χ1v) is 12.6. The summed E-state index contributed by atoms with van der Waals surface area (Å²) in [7, 11) is -1.77. The van der Waals surface area contributed by atoms with Gasteiger partial charge in [-0.2, -0.15) is 4.31 Å². The lowest BCUT2D eigenvalue weighted by Crippen LogP contribution is -2.40. The topological polar surface area (TPSA) is 79.6 Å². The van der Waals surface area contributed by atoms with Crippen molar-refractivity contribution in [3.05, 3.63) is 65.7 Å². The quantitative estimate of drug-likeness (QED) is 0.452. The van der Waals surface area contributed by atoms with E-state index >= 15 is 0 Å². The zero-order valence-corrected chi connectivity index (χ0v) is 19.3. The summed E-state index contributed by atoms with van der Waals surface area (Å²) >= 11 is 1.41. The summed E-state index contributed by atoms with van der Waals surface area (Å²) in [5.74, 6) is -1.12. The Balaban J connectivity index is 1.44. The molecule has 164 valence electrons. The predicted molar refractivity (Wildman–Crippen MR) is 126 cm³/mol. The van der Waals surface area contributed by atoms with Gasteiger partial charge in [0, 0.05) is 28.5 Å². The van der Waals surface area contributed by atoms with Crippen molar-refractivity contribution in [3.63, 3.8) is 0 Å². The number of carboxylic acid groups (broad SMARTS) is 1. The van der Waals surface area contributed by atoms with Gasteiger partial charge in [0.05, 0.1) is 11.4 Å². The van der Waals surface area contributed by atoms with Gasteiger partial charge in [-0.3, -0.25) is 4.79 Å². The molecule has 0 aliphatic carbocycles. The zero-order valence-electron chi connectivity index (χ0n) is 17.6. The fraction of sp³-hybridized carbons (Fsp3) is 0.208. The molecule has 0 radical (unpaired) electrons. The molecule has 0 saturated heterocycles. The number of hydrogen-bond acceptors (Lipinski definition) is 4. The second-order valence-corrected chi connectivity index (χ2v) is 11.0. The van der Waals surface area contributed by atoms with Gasteiger partial charge in [-0.1, -0.05) is 43.3 Å². The largest absolute Gasteiger partial charge is 0.480 e. The molecule has 6 nitrogen and oxygen atoms in total. The highest BCUT2D eigenvalue weighted by atomic mass is 32.2. The maximum absolute atomic E-state index is 13.0. The lowest BCUT2D eigenvalue weighted by Gasteiger charge is -2.21. The minimum Gasteiger partial charge on any atom is -0.480 e. The van der Waals surface area contributed by atoms with E-state index in [1.54, 1.807) is 13.0 Å². The molecule has 0 saturated carbocycles. The van der Waals surface area contributed by atoms with Crippen LogP contribution in [0.4, 0.5) is 0 Å². The van der Waals surface area contributed by atoms with E-state index in [1.165, 1.54) is 22.2 Å². The molecule has 4 aromatic rings. The summed E-state index contributed by atoms with van der Waals surface area (Å²) in [5.41, 5.74) is 4.33. The van der Waals surface area contributed by atoms with E-state index in [2.05, 4.69) is 28.8 Å². The van der Waals surface area contributed by atoms with Crippen LogP contribution in [0.15, 0.2) is 65.7 Å². The first-order valence-electron chi connectivity index (χ1n) is 10.3. The van der Waals surface area contributed by atoms with Crippen LogP contribution in [0.3, 0.4) is 0 Å². The number of fused-ring (bicyclic) bond motifs is 2. The molecular formula is C24H22N2O4S2. The molecule has 5 rings (SSSR count). The lowest BCUT2D eigenvalue weighted by atomic mass is 10.0. The Labute approximate surface area is 190 Å². The molecular weight excluding hydrogens is 444 g/mol. The van der Waals surface area contributed by atoms with Gasteiger partial charge in [0.1, 0.15) is 6.04 Å². The Hall–Kier alpha value is -2.94. The number of benzene rings is 2. The number of sulfonamides is 1. The molecule has 32 heavy (non-hydrogen) atoms. The summed E-state index contributed by atoms with van der Waals surface area (Å²) in [4.78, 5) is 13.3. The van der Waals surface area contributed by atoms with Gasteiger partial charge >= 0.3 is 5.97 Å². The second-order valence-electron chi connectivity index (χ2n) is 7.99. The molecule has 2 aromatic carbocycles. The van der Waals surface area contributed by atoms with Crippen LogP contribution in [-0.4, -0.2) is 34.4 Å². The van der Waals surface area contributed by atoms with Gasteiger partial charge in [0.2, 0.25) is 10.0 Å². The third kappa shape index (κ3) is 3.26. The third-order valence-corrected chi connectivity index (χ3v) is 9.29. The number of hydrogen-bond donors (Lipinski definition) is 1. The molecule has 1 unspecified atom stereocenters. The Morgan fingerprint density at radius 3 is 2.41 bits per heavy atom. The second kappa shape index (κ2) is 7.58. The minimum absolute atomic E-state index is 0.113. The van der Waals surface area contributed by atoms with E-state index in [1.807, 2.05) is 37.5 Å². The molecule has 0 bridgehead atoms. The molecule has 1 N–H and O–H groups in total. The van der Waals surface area contributed by atoms with Crippen molar-refractivity contribution in [1.29, 1.82) is 0 Å². The standard InChI is InChI=1S/C24H22N2O4S2/c1-3-19(24(27)28)26-14-22-23(32(26,29)30)13-21(31-22)17-7-4-15(5-8-17)18-9-6-16-10-11-25(2)20(16)12-18/h4-13,19H,3,14H2,1-2H3,(H,27,28). The van der Waals surface area contributed by atoms with Gasteiger partial charge in [0.25, 0.3) is 0 Å². The molecule has 0 fully saturated rings. The first kappa shape index (κ1) is 20.9. The average molecular weight is 467 g/mol. The van der Waals surface area contributed by atoms with Crippen LogP contribution >= 0.6 is 11.3 Å². The van der Waals surface area contributed by atoms with Crippen molar-refractivity contribution >= 4 is 38.2 Å². The number of carboxylic acids is 1. The van der Waals surface area contributed by atoms with Crippen LogP contribution in [0.2, 0.25) is 0 Å². The van der Waals surface area contributed by atoms with E-state index in [-0.39, 0.29) is 17.9 Å². The van der Waals surface area contributed by atoms with Crippen molar-refractivity contribution in [2.24, 2.45) is 7.05 Å². The normalized spacial score (nSPS) is 16.3. The third-order valence-electron chi connectivity index (χ3n) is 6.07. The van der Waals surface area contributed by atoms with Gasteiger partial charge < -0.3 is 9.67 Å². The minimum atomic E-state index is -3.80. The summed E-state index contributed by atoms with van der Waals surface area (Å²) in [5, 5.41) is 10.6. The maximum atomic E-state index is 13.0. The zero-order chi connectivity index (χ0) is 22.6. The fourth-order valence-corrected chi connectivity index (χ4v) is 7.69. The van der Waals surface area contributed by atoms with Crippen molar-refractivity contribution in [1.82, 2.24) is 8.87 Å². The van der Waals surface area contributed by atoms with E-state index in [9.17, 15) is 18.3 Å². The summed E-state index contributed by atoms with van der Waals surface area (Å²) in [6.07, 6.45) is 2.27. The lowest BCUT2D eigenvalue weighted by molar-refractivity contribution is -0.141. The Kier molecular flexibility index (Phi) is 4.96. The van der Waals surface area contributed by atoms with Gasteiger partial charge in [-0.15, -0.1) is 11.3 Å². The Bertz CT molecular complexity index is 1450. The number of nitrogens with zero attached hydrogens (tertiary/aromatic N) is 2. The van der Waals surface area contributed by atoms with Crippen LogP contribution in [0.1, 0.15) is 18.2 Å². The molecule has 2 aromatic heterocycles. The molecule has 0 spiro atoms. The molecule has 1 atom stereocenters. The highest BCUT2D eigenvalue weighted by molar-refractivity contribution is 7.89. The Morgan fingerprint density at radius 1 is 1.06 bits per heavy atom. The summed E-state index contributed by atoms with van der Waals surface area (Å²) in [6.45, 7) is 1.80. The highest BCUT2D eigenvalue weighted by Gasteiger charge is 2.43. The molecule has 1 aliphatic heterocycles. The number of carbonyl (C=O) groups is 1. The fourth-order valence-electron chi connectivity index (χ4n) is 4.28. The van der Waals surface area contributed by atoms with Crippen LogP contribution in [-0.2, 0) is 28.4 Å². The molecule has 8 heteroatoms. The van der Waals surface area contributed by atoms with E-state index < -0.39 is 22.0 Å². The maximum Gasteiger partial charge on any atom is 0.322 e. The van der Waals surface area contributed by atoms with Gasteiger partial charge in [-0.05, 0) is 46.7 Å². The monoisotopic (exact) mass is 466 g/mol. The number of aryl methyl sites for hydroxylation is 1. The molecule has 0 amide bonds. The Morgan fingerprint density at radius 2 is 1.75 bits per heavy atom. The van der Waals surface area contributed by atoms with Gasteiger partial charge in [-0.25, -0.2) is 8.42 Å². The average Bonchev–Trinajstić information content (AvgIpc) is 3.43. The smallest absolute Gasteiger partial charge is 0.322 e. The first-order chi connectivity index (χ1) is 15.3. The highest BCUT2D eigenvalue weighted by Crippen LogP contribution is 2.42. The summed E-state index contributed by atoms with van der Waals surface area (Å²) in [6, 6.07) is 17.2. The van der Waals surface area contributed by atoms with E-state index in [0.717, 1.165) is 25.9 Å². The van der Waals surface area contributed by atoms with Crippen molar-refractivity contribution in [2.75, 3.05) is 0 Å². The summed E-state index contributed by atoms with van der Waals surface area (Å²) < 4.78 is 29.1. The van der Waals surface area contributed by atoms with Crippen LogP contribution in [0.5, 0.6) is 0 Å². The molecule has 1 aliphatic rings. The van der Waals surface area contributed by atoms with Crippen LogP contribution < -0.4 is 0 Å². The van der Waals surface area contributed by atoms with Crippen molar-refractivity contribution < 1.29 is 18.3 Å². The number of thiophene rings is 1. The van der Waals surface area contributed by atoms with Gasteiger partial charge in [0.15, 0.2) is 0 Å². The number of aromatic nitrogens is 1. The van der Waals surface area contributed by atoms with Crippen molar-refractivity contribution in [3.8, 4) is 21.6 Å². The van der Waals surface area contributed by atoms with Crippen LogP contribution in [0, 0.1) is 0 Å². The SMILES string of the molecule is CCC(C(=O)O)N1Cc2sc(-c3ccc(-c4ccc5ccn(C)c5c4)cc3)cc2S1(=O)=O.